The molecule has 0 heterocycles. The maximum atomic E-state index is 13.1. The van der Waals surface area contributed by atoms with Crippen LogP contribution in [0.3, 0.4) is 0 Å². The molecule has 0 unspecified atom stereocenters. The molecule has 29 heavy (non-hydrogen) atoms. The second kappa shape index (κ2) is 9.19. The van der Waals surface area contributed by atoms with Gasteiger partial charge in [-0.05, 0) is 17.7 Å². The molecule has 0 aliphatic rings. The van der Waals surface area contributed by atoms with Gasteiger partial charge in [-0.3, -0.25) is 4.79 Å². The van der Waals surface area contributed by atoms with Gasteiger partial charge in [-0.1, -0.05) is 12.1 Å². The molecule has 2 aromatic carbocycles. The molecule has 0 saturated heterocycles. The van der Waals surface area contributed by atoms with Gasteiger partial charge in [-0.25, -0.2) is 0 Å². The summed E-state index contributed by atoms with van der Waals surface area (Å²) >= 11 is 0. The average molecular weight is 408 g/mol. The van der Waals surface area contributed by atoms with Crippen LogP contribution in [-0.2, 0) is 6.54 Å². The van der Waals surface area contributed by atoms with E-state index in [1.165, 1.54) is 57.7 Å². The number of amides is 1. The van der Waals surface area contributed by atoms with Crippen molar-refractivity contribution in [1.82, 2.24) is 4.90 Å². The highest BCUT2D eigenvalue weighted by Crippen LogP contribution is 2.35. The van der Waals surface area contributed by atoms with E-state index in [4.69, 9.17) is 19.5 Å². The average Bonchev–Trinajstić information content (AvgIpc) is 2.71. The van der Waals surface area contributed by atoms with Crippen LogP contribution in [0.25, 0.3) is 0 Å². The van der Waals surface area contributed by atoms with Crippen LogP contribution in [0.1, 0.15) is 21.5 Å². The third kappa shape index (κ3) is 5.54. The molecule has 2 aromatic rings. The van der Waals surface area contributed by atoms with Crippen LogP contribution in [0.2, 0.25) is 0 Å². The SMILES string of the molecule is COc1cc(OC)c(C(=O)N(Cc2ccc(C#N)cc2)CC(F)(F)F)cc1OC. The Morgan fingerprint density at radius 1 is 1.00 bits per heavy atom. The number of methoxy groups -OCH3 is 3. The maximum Gasteiger partial charge on any atom is 0.406 e. The van der Waals surface area contributed by atoms with Gasteiger partial charge in [0.1, 0.15) is 12.3 Å². The van der Waals surface area contributed by atoms with Crippen LogP contribution in [0.5, 0.6) is 17.2 Å². The zero-order chi connectivity index (χ0) is 21.6. The Morgan fingerprint density at radius 3 is 2.03 bits per heavy atom. The largest absolute Gasteiger partial charge is 0.496 e. The normalized spacial score (nSPS) is 10.8. The van der Waals surface area contributed by atoms with Gasteiger partial charge in [-0.2, -0.15) is 18.4 Å². The summed E-state index contributed by atoms with van der Waals surface area (Å²) in [6, 6.07) is 10.5. The van der Waals surface area contributed by atoms with E-state index in [9.17, 15) is 18.0 Å². The fourth-order valence-corrected chi connectivity index (χ4v) is 2.69. The fraction of sp³-hybridized carbons (Fsp3) is 0.300. The summed E-state index contributed by atoms with van der Waals surface area (Å²) in [5.74, 6) is -0.374. The number of benzene rings is 2. The quantitative estimate of drug-likeness (QED) is 0.697. The van der Waals surface area contributed by atoms with Crippen LogP contribution in [0.4, 0.5) is 13.2 Å². The van der Waals surface area contributed by atoms with Crippen molar-refractivity contribution in [3.8, 4) is 23.3 Å². The fourth-order valence-electron chi connectivity index (χ4n) is 2.69. The predicted molar refractivity (Wildman–Crippen MR) is 98.1 cm³/mol. The summed E-state index contributed by atoms with van der Waals surface area (Å²) in [7, 11) is 4.04. The highest BCUT2D eigenvalue weighted by Gasteiger charge is 2.34. The van der Waals surface area contributed by atoms with E-state index in [0.717, 1.165) is 0 Å². The first-order valence-electron chi connectivity index (χ1n) is 8.37. The van der Waals surface area contributed by atoms with Crippen molar-refractivity contribution in [2.24, 2.45) is 0 Å². The van der Waals surface area contributed by atoms with E-state index >= 15 is 0 Å². The van der Waals surface area contributed by atoms with Gasteiger partial charge in [0.05, 0.1) is 38.5 Å². The molecule has 0 saturated carbocycles. The summed E-state index contributed by atoms with van der Waals surface area (Å²) in [6.07, 6.45) is -4.61. The third-order valence-electron chi connectivity index (χ3n) is 4.05. The Labute approximate surface area is 166 Å². The van der Waals surface area contributed by atoms with E-state index in [-0.39, 0.29) is 29.4 Å². The lowest BCUT2D eigenvalue weighted by molar-refractivity contribution is -0.141. The predicted octanol–water partition coefficient (Wildman–Crippen LogP) is 3.79. The monoisotopic (exact) mass is 408 g/mol. The highest BCUT2D eigenvalue weighted by molar-refractivity contribution is 5.98. The van der Waals surface area contributed by atoms with Crippen molar-refractivity contribution in [3.05, 3.63) is 53.1 Å². The first-order valence-corrected chi connectivity index (χ1v) is 8.37. The van der Waals surface area contributed by atoms with E-state index in [0.29, 0.717) is 16.0 Å². The Balaban J connectivity index is 2.44. The Hall–Kier alpha value is -3.41. The highest BCUT2D eigenvalue weighted by atomic mass is 19.4. The van der Waals surface area contributed by atoms with Crippen molar-refractivity contribution in [2.75, 3.05) is 27.9 Å². The molecule has 0 N–H and O–H groups in total. The minimum atomic E-state index is -4.61. The maximum absolute atomic E-state index is 13.1. The van der Waals surface area contributed by atoms with Crippen LogP contribution < -0.4 is 14.2 Å². The van der Waals surface area contributed by atoms with E-state index in [1.54, 1.807) is 0 Å². The molecule has 0 bridgehead atoms. The van der Waals surface area contributed by atoms with E-state index < -0.39 is 18.6 Å². The van der Waals surface area contributed by atoms with Crippen molar-refractivity contribution >= 4 is 5.91 Å². The number of carbonyl (C=O) groups excluding carboxylic acids is 1. The van der Waals surface area contributed by atoms with Crippen LogP contribution >= 0.6 is 0 Å². The van der Waals surface area contributed by atoms with Gasteiger partial charge in [-0.15, -0.1) is 0 Å². The lowest BCUT2D eigenvalue weighted by atomic mass is 10.1. The molecular formula is C20H19F3N2O4. The molecule has 0 fully saturated rings. The molecule has 0 aliphatic heterocycles. The van der Waals surface area contributed by atoms with E-state index in [2.05, 4.69) is 0 Å². The third-order valence-corrected chi connectivity index (χ3v) is 4.05. The summed E-state index contributed by atoms with van der Waals surface area (Å²) in [4.78, 5) is 13.7. The zero-order valence-electron chi connectivity index (χ0n) is 16.0. The molecule has 0 atom stereocenters. The second-order valence-corrected chi connectivity index (χ2v) is 5.99. The minimum Gasteiger partial charge on any atom is -0.496 e. The molecule has 1 amide bonds. The molecular weight excluding hydrogens is 389 g/mol. The van der Waals surface area contributed by atoms with Crippen molar-refractivity contribution in [1.29, 1.82) is 5.26 Å². The minimum absolute atomic E-state index is 0.0552. The number of ether oxygens (including phenoxy) is 3. The molecule has 0 spiro atoms. The summed E-state index contributed by atoms with van der Waals surface area (Å²) < 4.78 is 54.9. The van der Waals surface area contributed by atoms with Crippen molar-refractivity contribution in [2.45, 2.75) is 12.7 Å². The smallest absolute Gasteiger partial charge is 0.406 e. The first kappa shape index (κ1) is 21.9. The zero-order valence-corrected chi connectivity index (χ0v) is 16.0. The molecule has 6 nitrogen and oxygen atoms in total. The lowest BCUT2D eigenvalue weighted by Crippen LogP contribution is -2.38. The molecule has 0 aromatic heterocycles. The number of hydrogen-bond acceptors (Lipinski definition) is 5. The van der Waals surface area contributed by atoms with Gasteiger partial charge < -0.3 is 19.1 Å². The number of carbonyl (C=O) groups is 1. The van der Waals surface area contributed by atoms with Crippen LogP contribution in [0, 0.1) is 11.3 Å². The van der Waals surface area contributed by atoms with Crippen molar-refractivity contribution in [3.63, 3.8) is 0 Å². The first-order chi connectivity index (χ1) is 13.7. The van der Waals surface area contributed by atoms with Gasteiger partial charge in [0.15, 0.2) is 11.5 Å². The molecule has 2 rings (SSSR count). The molecule has 154 valence electrons. The van der Waals surface area contributed by atoms with Gasteiger partial charge >= 0.3 is 6.18 Å². The van der Waals surface area contributed by atoms with Gasteiger partial charge in [0, 0.05) is 18.7 Å². The van der Waals surface area contributed by atoms with Crippen LogP contribution in [-0.4, -0.2) is 44.9 Å². The Bertz CT molecular complexity index is 906. The summed E-state index contributed by atoms with van der Waals surface area (Å²) in [5, 5.41) is 8.85. The molecule has 9 heteroatoms. The molecule has 0 radical (unpaired) electrons. The lowest BCUT2D eigenvalue weighted by Gasteiger charge is -2.25. The number of rotatable bonds is 7. The van der Waals surface area contributed by atoms with Gasteiger partial charge in [0.2, 0.25) is 0 Å². The van der Waals surface area contributed by atoms with Crippen molar-refractivity contribution < 1.29 is 32.2 Å². The topological polar surface area (TPSA) is 71.8 Å². The van der Waals surface area contributed by atoms with Gasteiger partial charge in [0.25, 0.3) is 5.91 Å². The number of hydrogen-bond donors (Lipinski definition) is 0. The number of halogens is 3. The summed E-state index contributed by atoms with van der Waals surface area (Å²) in [5.41, 5.74) is 0.716. The number of alkyl halides is 3. The summed E-state index contributed by atoms with van der Waals surface area (Å²) in [6.45, 7) is -1.76. The van der Waals surface area contributed by atoms with Crippen LogP contribution in [0.15, 0.2) is 36.4 Å². The number of nitriles is 1. The second-order valence-electron chi connectivity index (χ2n) is 5.99. The standard InChI is InChI=1S/C20H19F3N2O4/c1-27-16-9-18(29-3)17(28-2)8-15(16)19(26)25(12-20(21,22)23)11-14-6-4-13(10-24)5-7-14/h4-9H,11-12H2,1-3H3. The molecule has 0 aliphatic carbocycles. The Kier molecular flexibility index (Phi) is 6.93. The number of nitrogens with zero attached hydrogens (tertiary/aromatic N) is 2. The Morgan fingerprint density at radius 2 is 1.55 bits per heavy atom. The van der Waals surface area contributed by atoms with E-state index in [1.807, 2.05) is 6.07 Å².